The minimum atomic E-state index is -1.01. The number of benzene rings is 3. The fraction of sp³-hybridized carbons (Fsp3) is 0.324. The van der Waals surface area contributed by atoms with Gasteiger partial charge in [-0.3, -0.25) is 14.5 Å². The Bertz CT molecular complexity index is 1470. The van der Waals surface area contributed by atoms with Crippen molar-refractivity contribution in [3.8, 4) is 16.9 Å². The van der Waals surface area contributed by atoms with Crippen LogP contribution in [0.4, 0.5) is 0 Å². The van der Waals surface area contributed by atoms with E-state index in [0.29, 0.717) is 17.6 Å². The third kappa shape index (κ3) is 3.94. The molecule has 2 saturated carbocycles. The zero-order valence-corrected chi connectivity index (χ0v) is 22.1. The third-order valence-electron chi connectivity index (χ3n) is 9.32. The third-order valence-corrected chi connectivity index (χ3v) is 9.32. The first-order valence-corrected chi connectivity index (χ1v) is 13.9. The Labute approximate surface area is 228 Å². The largest absolute Gasteiger partial charge is 0.425 e. The molecule has 0 aromatic heterocycles. The van der Waals surface area contributed by atoms with Crippen molar-refractivity contribution in [3.05, 3.63) is 102 Å². The number of carbonyl (C=O) groups is 3. The van der Waals surface area contributed by atoms with Crippen molar-refractivity contribution in [2.24, 2.45) is 35.5 Å². The van der Waals surface area contributed by atoms with Crippen LogP contribution in [0.2, 0.25) is 0 Å². The number of imide groups is 1. The number of allylic oxidation sites excluding steroid dienone is 2. The summed E-state index contributed by atoms with van der Waals surface area (Å²) in [7, 11) is 0. The molecule has 39 heavy (non-hydrogen) atoms. The van der Waals surface area contributed by atoms with E-state index >= 15 is 0 Å². The monoisotopic (exact) mass is 517 g/mol. The molecule has 7 atom stereocenters. The second kappa shape index (κ2) is 9.04. The molecular weight excluding hydrogens is 486 g/mol. The quantitative estimate of drug-likeness (QED) is 0.186. The summed E-state index contributed by atoms with van der Waals surface area (Å²) in [6, 6.07) is 22.5. The van der Waals surface area contributed by atoms with Gasteiger partial charge < -0.3 is 4.74 Å². The molecule has 1 saturated heterocycles. The van der Waals surface area contributed by atoms with Crippen LogP contribution in [0.3, 0.4) is 0 Å². The topological polar surface area (TPSA) is 63.7 Å². The highest BCUT2D eigenvalue weighted by atomic mass is 16.5. The molecule has 0 N–H and O–H groups in total. The Morgan fingerprint density at radius 3 is 2.08 bits per heavy atom. The molecule has 0 unspecified atom stereocenters. The molecule has 4 aliphatic carbocycles. The summed E-state index contributed by atoms with van der Waals surface area (Å²) in [6.45, 7) is 3.96. The molecule has 1 heterocycles. The van der Waals surface area contributed by atoms with Crippen LogP contribution in [-0.4, -0.2) is 28.7 Å². The van der Waals surface area contributed by atoms with Gasteiger partial charge in [-0.15, -0.1) is 0 Å². The Morgan fingerprint density at radius 1 is 0.846 bits per heavy atom. The number of amides is 2. The van der Waals surface area contributed by atoms with Gasteiger partial charge >= 0.3 is 5.97 Å². The first kappa shape index (κ1) is 24.1. The highest BCUT2D eigenvalue weighted by Gasteiger charge is 2.68. The highest BCUT2D eigenvalue weighted by Crippen LogP contribution is 2.65. The number of ether oxygens (including phenoxy) is 1. The average Bonchev–Trinajstić information content (AvgIpc) is 3.73. The SMILES string of the molecule is Cc1ccc(-c2ccc(OC(=O)[C@H](Cc3ccccc3)N3C(=O)[C@@H]4[C@H]5C=C[C@@H]([C@@H]6C[C@@H]56)[C@H]4C3=O)c(C)c2)cc1. The summed E-state index contributed by atoms with van der Waals surface area (Å²) >= 11 is 0. The highest BCUT2D eigenvalue weighted by molar-refractivity contribution is 6.09. The van der Waals surface area contributed by atoms with E-state index in [-0.39, 0.29) is 41.9 Å². The molecule has 0 spiro atoms. The molecule has 3 fully saturated rings. The van der Waals surface area contributed by atoms with Crippen LogP contribution >= 0.6 is 0 Å². The van der Waals surface area contributed by atoms with Gasteiger partial charge in [-0.1, -0.05) is 78.4 Å². The number of likely N-dealkylation sites (tertiary alicyclic amines) is 1. The van der Waals surface area contributed by atoms with Crippen LogP contribution in [0.25, 0.3) is 11.1 Å². The smallest absolute Gasteiger partial charge is 0.335 e. The summed E-state index contributed by atoms with van der Waals surface area (Å²) in [4.78, 5) is 42.8. The lowest BCUT2D eigenvalue weighted by Gasteiger charge is -2.37. The van der Waals surface area contributed by atoms with E-state index < -0.39 is 12.0 Å². The van der Waals surface area contributed by atoms with E-state index in [0.717, 1.165) is 28.7 Å². The van der Waals surface area contributed by atoms with Gasteiger partial charge in [0.1, 0.15) is 11.8 Å². The predicted octanol–water partition coefficient (Wildman–Crippen LogP) is 5.54. The van der Waals surface area contributed by atoms with Gasteiger partial charge in [-0.05, 0) is 78.3 Å². The zero-order valence-electron chi connectivity index (χ0n) is 22.1. The number of esters is 1. The average molecular weight is 518 g/mol. The molecule has 5 heteroatoms. The van der Waals surface area contributed by atoms with Gasteiger partial charge in [0, 0.05) is 6.42 Å². The summed E-state index contributed by atoms with van der Waals surface area (Å²) in [5, 5.41) is 0. The van der Waals surface area contributed by atoms with Crippen LogP contribution < -0.4 is 4.74 Å². The van der Waals surface area contributed by atoms with Crippen molar-refractivity contribution in [1.29, 1.82) is 0 Å². The van der Waals surface area contributed by atoms with E-state index in [1.54, 1.807) is 6.07 Å². The lowest BCUT2D eigenvalue weighted by Crippen LogP contribution is -2.48. The number of hydrogen-bond acceptors (Lipinski definition) is 4. The van der Waals surface area contributed by atoms with E-state index in [9.17, 15) is 14.4 Å². The molecular formula is C34H31NO4. The number of nitrogens with zero attached hydrogens (tertiary/aromatic N) is 1. The maximum atomic E-state index is 13.8. The molecule has 5 aliphatic rings. The number of rotatable bonds is 6. The van der Waals surface area contributed by atoms with E-state index in [2.05, 4.69) is 43.3 Å². The van der Waals surface area contributed by atoms with Crippen molar-refractivity contribution in [1.82, 2.24) is 4.90 Å². The molecule has 196 valence electrons. The standard InChI is InChI=1S/C34H31NO4/c1-19-8-10-22(11-9-19)23-12-15-29(20(2)16-23)39-34(38)28(17-21-6-4-3-5-7-21)35-32(36)30-24-13-14-25(27-18-26(24)27)31(30)33(35)37/h3-16,24-28,30-31H,17-18H2,1-2H3/t24-,25-,26-,27-,28-,30+,31+/m0/s1. The van der Waals surface area contributed by atoms with E-state index in [1.165, 1.54) is 10.5 Å². The number of aryl methyl sites for hydroxylation is 2. The molecule has 1 aliphatic heterocycles. The number of carbonyl (C=O) groups excluding carboxylic acids is 3. The molecule has 5 nitrogen and oxygen atoms in total. The molecule has 3 aromatic carbocycles. The van der Waals surface area contributed by atoms with Crippen LogP contribution in [0.5, 0.6) is 5.75 Å². The molecule has 2 amide bonds. The molecule has 8 rings (SSSR count). The van der Waals surface area contributed by atoms with Crippen molar-refractivity contribution in [2.45, 2.75) is 32.7 Å². The van der Waals surface area contributed by atoms with Gasteiger partial charge in [0.15, 0.2) is 0 Å². The van der Waals surface area contributed by atoms with Gasteiger partial charge in [0.25, 0.3) is 0 Å². The summed E-state index contributed by atoms with van der Waals surface area (Å²) < 4.78 is 5.95. The van der Waals surface area contributed by atoms with Gasteiger partial charge in [-0.2, -0.15) is 0 Å². The van der Waals surface area contributed by atoms with E-state index in [4.69, 9.17) is 4.74 Å². The normalized spacial score (nSPS) is 28.7. The lowest BCUT2D eigenvalue weighted by atomic mass is 9.63. The molecule has 0 radical (unpaired) electrons. The summed E-state index contributed by atoms with van der Waals surface area (Å²) in [5.41, 5.74) is 5.00. The molecule has 2 bridgehead atoms. The maximum absolute atomic E-state index is 13.8. The van der Waals surface area contributed by atoms with Crippen LogP contribution in [0, 0.1) is 49.4 Å². The second-order valence-corrected chi connectivity index (χ2v) is 11.7. The van der Waals surface area contributed by atoms with Crippen molar-refractivity contribution < 1.29 is 19.1 Å². The fourth-order valence-corrected chi connectivity index (χ4v) is 7.27. The summed E-state index contributed by atoms with van der Waals surface area (Å²) in [5.74, 6) is -0.0230. The Kier molecular flexibility index (Phi) is 5.58. The predicted molar refractivity (Wildman–Crippen MR) is 147 cm³/mol. The Balaban J connectivity index is 1.18. The first-order valence-electron chi connectivity index (χ1n) is 13.9. The zero-order chi connectivity index (χ0) is 26.8. The lowest BCUT2D eigenvalue weighted by molar-refractivity contribution is -0.153. The molecule has 3 aromatic rings. The van der Waals surface area contributed by atoms with Crippen LogP contribution in [0.15, 0.2) is 84.9 Å². The minimum Gasteiger partial charge on any atom is -0.425 e. The second-order valence-electron chi connectivity index (χ2n) is 11.7. The van der Waals surface area contributed by atoms with Gasteiger partial charge in [0.2, 0.25) is 11.8 Å². The van der Waals surface area contributed by atoms with E-state index in [1.807, 2.05) is 49.4 Å². The Morgan fingerprint density at radius 2 is 1.46 bits per heavy atom. The maximum Gasteiger partial charge on any atom is 0.335 e. The van der Waals surface area contributed by atoms with Crippen molar-refractivity contribution >= 4 is 17.8 Å². The van der Waals surface area contributed by atoms with Gasteiger partial charge in [-0.25, -0.2) is 4.79 Å². The Hall–Kier alpha value is -3.99. The van der Waals surface area contributed by atoms with Crippen LogP contribution in [0.1, 0.15) is 23.1 Å². The van der Waals surface area contributed by atoms with Crippen LogP contribution in [-0.2, 0) is 20.8 Å². The van der Waals surface area contributed by atoms with Crippen molar-refractivity contribution in [2.75, 3.05) is 0 Å². The van der Waals surface area contributed by atoms with Crippen molar-refractivity contribution in [3.63, 3.8) is 0 Å². The first-order chi connectivity index (χ1) is 18.9. The van der Waals surface area contributed by atoms with Gasteiger partial charge in [0.05, 0.1) is 11.8 Å². The summed E-state index contributed by atoms with van der Waals surface area (Å²) in [6.07, 6.45) is 5.63. The number of hydrogen-bond donors (Lipinski definition) is 0. The minimum absolute atomic E-state index is 0.108. The fourth-order valence-electron chi connectivity index (χ4n) is 7.27.